The average Bonchev–Trinajstić information content (AvgIpc) is 3.88. The third-order valence-electron chi connectivity index (χ3n) is 11.8. The van der Waals surface area contributed by atoms with Crippen LogP contribution in [-0.4, -0.2) is 101 Å². The summed E-state index contributed by atoms with van der Waals surface area (Å²) < 4.78 is 209. The number of sulfone groups is 1. The van der Waals surface area contributed by atoms with E-state index in [1.165, 1.54) is 13.8 Å². The standard InChI is InChI=1S/C48H49ClF10N8O9S2/c1-24-15-32-40(48(57,58)59)63-65(41(32)47(24,55)56)21-35(68)62-34(18-25-16-26(50)19-27(51)17-25)38-30(10-9-29(61-38)13-14-45(5,6)77(7,71)72)31-11-12-33(49)37-39(31)66(23-46(52,53)54)64-42(37)67(78(8,73)74)43(70)75-22-28(60)20-36(69)76-44(2,3)4/h9-12,16-17,19,24,28,34H,15,18,20-23,60H2,1-8H3,(H,62,68)/t24-,28+,34+/m1/s1. The molecule has 30 heteroatoms. The molecule has 3 atom stereocenters. The second-order valence-corrected chi connectivity index (χ2v) is 24.7. The van der Waals surface area contributed by atoms with Gasteiger partial charge in [0.2, 0.25) is 15.9 Å². The molecule has 3 N–H and O–H groups in total. The molecule has 78 heavy (non-hydrogen) atoms. The molecule has 2 amide bonds. The Hall–Kier alpha value is -6.51. The van der Waals surface area contributed by atoms with Crippen LogP contribution in [0.3, 0.4) is 0 Å². The Balaban J connectivity index is 1.60. The molecule has 0 radical (unpaired) electrons. The molecule has 3 heterocycles. The number of nitrogens with zero attached hydrogens (tertiary/aromatic N) is 6. The minimum Gasteiger partial charge on any atom is -0.460 e. The largest absolute Gasteiger partial charge is 0.460 e. The van der Waals surface area contributed by atoms with Crippen molar-refractivity contribution in [3.63, 3.8) is 0 Å². The fraction of sp³-hybridized carbons (Fsp3) is 0.458. The zero-order valence-electron chi connectivity index (χ0n) is 42.4. The van der Waals surface area contributed by atoms with Gasteiger partial charge in [-0.1, -0.05) is 30.5 Å². The van der Waals surface area contributed by atoms with E-state index in [0.29, 0.717) is 12.3 Å². The number of nitrogens with two attached hydrogens (primary N) is 1. The van der Waals surface area contributed by atoms with Crippen LogP contribution in [0.15, 0.2) is 42.5 Å². The van der Waals surface area contributed by atoms with Gasteiger partial charge in [0.05, 0.1) is 40.3 Å². The molecular formula is C48H49ClF10N8O9S2. The number of carbonyl (C=O) groups is 3. The summed E-state index contributed by atoms with van der Waals surface area (Å²) in [6.07, 6.45) is -13.0. The molecule has 0 saturated carbocycles. The van der Waals surface area contributed by atoms with Crippen molar-refractivity contribution < 1.29 is 84.6 Å². The van der Waals surface area contributed by atoms with Crippen LogP contribution in [-0.2, 0) is 77.0 Å². The van der Waals surface area contributed by atoms with Gasteiger partial charge in [0.15, 0.2) is 21.3 Å². The number of rotatable bonds is 15. The number of hydrogen-bond donors (Lipinski definition) is 2. The van der Waals surface area contributed by atoms with Gasteiger partial charge in [0.1, 0.15) is 53.1 Å². The van der Waals surface area contributed by atoms with Crippen LogP contribution in [0.5, 0.6) is 0 Å². The third kappa shape index (κ3) is 13.8. The number of fused-ring (bicyclic) bond motifs is 2. The number of benzene rings is 2. The molecule has 0 spiro atoms. The fourth-order valence-electron chi connectivity index (χ4n) is 8.15. The Morgan fingerprint density at radius 1 is 0.936 bits per heavy atom. The normalized spacial score (nSPS) is 15.8. The molecule has 0 unspecified atom stereocenters. The van der Waals surface area contributed by atoms with Crippen LogP contribution in [0.1, 0.15) is 87.9 Å². The zero-order chi connectivity index (χ0) is 58.6. The van der Waals surface area contributed by atoms with Crippen molar-refractivity contribution in [3.05, 3.63) is 93.0 Å². The highest BCUT2D eigenvalue weighted by molar-refractivity contribution is 7.93. The first kappa shape index (κ1) is 60.7. The van der Waals surface area contributed by atoms with E-state index >= 15 is 8.78 Å². The number of alkyl halides is 8. The van der Waals surface area contributed by atoms with Crippen molar-refractivity contribution >= 4 is 66.2 Å². The summed E-state index contributed by atoms with van der Waals surface area (Å²) in [7, 11) is -8.91. The number of amides is 2. The van der Waals surface area contributed by atoms with E-state index in [-0.39, 0.29) is 30.5 Å². The number of aromatic nitrogens is 5. The maximum atomic E-state index is 15.6. The van der Waals surface area contributed by atoms with Gasteiger partial charge in [0.25, 0.3) is 5.92 Å². The van der Waals surface area contributed by atoms with Crippen LogP contribution in [0.4, 0.5) is 54.5 Å². The maximum Gasteiger partial charge on any atom is 0.435 e. The number of halogens is 11. The molecular weight excluding hydrogens is 1120 g/mol. The minimum atomic E-state index is -5.26. The predicted octanol–water partition coefficient (Wildman–Crippen LogP) is 8.33. The summed E-state index contributed by atoms with van der Waals surface area (Å²) in [6, 6.07) is 3.20. The Labute approximate surface area is 444 Å². The molecule has 17 nitrogen and oxygen atoms in total. The predicted molar refractivity (Wildman–Crippen MR) is 262 cm³/mol. The molecule has 424 valence electrons. The molecule has 0 saturated heterocycles. The smallest absolute Gasteiger partial charge is 0.435 e. The Bertz CT molecular complexity index is 3480. The number of sulfonamides is 1. The summed E-state index contributed by atoms with van der Waals surface area (Å²) >= 11 is 6.65. The second kappa shape index (κ2) is 21.6. The number of hydrogen-bond acceptors (Lipinski definition) is 13. The first-order chi connectivity index (χ1) is 35.6. The summed E-state index contributed by atoms with van der Waals surface area (Å²) in [5.41, 5.74) is -1.40. The van der Waals surface area contributed by atoms with E-state index in [9.17, 15) is 66.3 Å². The first-order valence-electron chi connectivity index (χ1n) is 23.0. The zero-order valence-corrected chi connectivity index (χ0v) is 44.8. The van der Waals surface area contributed by atoms with Gasteiger partial charge in [-0.25, -0.2) is 35.4 Å². The van der Waals surface area contributed by atoms with E-state index in [1.54, 1.807) is 20.8 Å². The van der Waals surface area contributed by atoms with E-state index in [4.69, 9.17) is 26.8 Å². The van der Waals surface area contributed by atoms with E-state index in [0.717, 1.165) is 49.6 Å². The highest BCUT2D eigenvalue weighted by Gasteiger charge is 2.54. The monoisotopic (exact) mass is 1170 g/mol. The Morgan fingerprint density at radius 2 is 1.55 bits per heavy atom. The lowest BCUT2D eigenvalue weighted by Gasteiger charge is -2.23. The molecule has 3 aromatic heterocycles. The van der Waals surface area contributed by atoms with E-state index in [1.807, 2.05) is 0 Å². The molecule has 0 bridgehead atoms. The van der Waals surface area contributed by atoms with Crippen LogP contribution in [0.25, 0.3) is 22.0 Å². The number of ether oxygens (including phenoxy) is 2. The Morgan fingerprint density at radius 3 is 2.12 bits per heavy atom. The Kier molecular flexibility index (Phi) is 16.8. The number of carbonyl (C=O) groups excluding carboxylic acids is 3. The number of anilines is 1. The molecule has 6 rings (SSSR count). The van der Waals surface area contributed by atoms with Gasteiger partial charge >= 0.3 is 24.4 Å². The van der Waals surface area contributed by atoms with Crippen molar-refractivity contribution in [1.82, 2.24) is 29.9 Å². The summed E-state index contributed by atoms with van der Waals surface area (Å²) in [4.78, 5) is 44.9. The SMILES string of the molecule is C[C@@H]1Cc2c(C(F)(F)F)nn(CC(=O)N[C@@H](Cc3cc(F)cc(F)c3)c3nc(C#CC(C)(C)S(C)(=O)=O)ccc3-c3ccc(Cl)c4c(N(C(=O)OC[C@@H](N)CC(=O)OC(C)(C)C)S(C)(=O)=O)nn(CC(F)(F)F)c34)c2C1(F)F. The summed E-state index contributed by atoms with van der Waals surface area (Å²) in [6.45, 7) is 3.84. The maximum absolute atomic E-state index is 15.6. The number of pyridine rings is 1. The lowest BCUT2D eigenvalue weighted by molar-refractivity contribution is -0.155. The van der Waals surface area contributed by atoms with Crippen LogP contribution in [0, 0.1) is 29.4 Å². The van der Waals surface area contributed by atoms with Crippen LogP contribution >= 0.6 is 11.6 Å². The van der Waals surface area contributed by atoms with Crippen molar-refractivity contribution in [2.45, 2.75) is 115 Å². The van der Waals surface area contributed by atoms with Gasteiger partial charge in [-0.2, -0.15) is 49.6 Å². The van der Waals surface area contributed by atoms with Crippen molar-refractivity contribution in [2.75, 3.05) is 23.4 Å². The lowest BCUT2D eigenvalue weighted by atomic mass is 9.93. The summed E-state index contributed by atoms with van der Waals surface area (Å²) in [5, 5.41) is 8.40. The topological polar surface area (TPSA) is 228 Å². The lowest BCUT2D eigenvalue weighted by Crippen LogP contribution is -2.40. The van der Waals surface area contributed by atoms with Crippen molar-refractivity contribution in [3.8, 4) is 23.0 Å². The van der Waals surface area contributed by atoms with Gasteiger partial charge in [0, 0.05) is 41.0 Å². The first-order valence-corrected chi connectivity index (χ1v) is 27.1. The molecule has 0 aliphatic heterocycles. The quantitative estimate of drug-likeness (QED) is 0.0572. The average molecular weight is 1170 g/mol. The van der Waals surface area contributed by atoms with Gasteiger partial charge < -0.3 is 20.5 Å². The summed E-state index contributed by atoms with van der Waals surface area (Å²) in [5.74, 6) is -6.18. The molecule has 1 aliphatic rings. The van der Waals surface area contributed by atoms with Crippen molar-refractivity contribution in [2.24, 2.45) is 11.7 Å². The highest BCUT2D eigenvalue weighted by Crippen LogP contribution is 2.50. The van der Waals surface area contributed by atoms with E-state index < -0.39 is 185 Å². The minimum absolute atomic E-state index is 0.137. The number of nitrogens with one attached hydrogen (secondary N) is 1. The van der Waals surface area contributed by atoms with Crippen LogP contribution in [0.2, 0.25) is 5.02 Å². The fourth-order valence-corrected chi connectivity index (χ4v) is 9.39. The van der Waals surface area contributed by atoms with Gasteiger partial charge in [-0.3, -0.25) is 19.0 Å². The third-order valence-corrected chi connectivity index (χ3v) is 15.1. The highest BCUT2D eigenvalue weighted by atomic mass is 35.5. The molecule has 2 aromatic carbocycles. The number of esters is 1. The van der Waals surface area contributed by atoms with E-state index in [2.05, 4.69) is 32.3 Å². The molecule has 5 aromatic rings. The van der Waals surface area contributed by atoms with Gasteiger partial charge in [-0.15, -0.1) is 0 Å². The second-order valence-electron chi connectivity index (χ2n) is 19.9. The van der Waals surface area contributed by atoms with Crippen LogP contribution < -0.4 is 15.4 Å². The van der Waals surface area contributed by atoms with Crippen molar-refractivity contribution in [1.29, 1.82) is 0 Å². The van der Waals surface area contributed by atoms with Gasteiger partial charge in [-0.05, 0) is 89.3 Å². The molecule has 1 aliphatic carbocycles. The molecule has 0 fully saturated rings.